The number of rotatable bonds is 7. The maximum absolute atomic E-state index is 11.8. The minimum atomic E-state index is -0.0852. The first-order valence-corrected chi connectivity index (χ1v) is 11.2. The standard InChI is InChI=1S/C21H36N6O2.HI/c1-3-19-25-24-16-27(19)14-11-22-21(23-15-17-7-5-4-6-8-17)26-12-9-18(10-13-26)20(28)29-2;/h16-18H,3-15H2,1-2H3,(H,22,23);1H. The Morgan fingerprint density at radius 1 is 1.23 bits per heavy atom. The number of esters is 1. The number of aliphatic imine (C=N–C) groups is 1. The summed E-state index contributed by atoms with van der Waals surface area (Å²) < 4.78 is 7.01. The number of guanidine groups is 1. The molecular weight excluding hydrogens is 495 g/mol. The molecule has 0 aromatic carbocycles. The van der Waals surface area contributed by atoms with Gasteiger partial charge in [-0.2, -0.15) is 0 Å². The molecule has 1 aromatic heterocycles. The minimum absolute atomic E-state index is 0. The van der Waals surface area contributed by atoms with Crippen molar-refractivity contribution < 1.29 is 9.53 Å². The summed E-state index contributed by atoms with van der Waals surface area (Å²) in [5.74, 6) is 2.62. The fourth-order valence-electron chi connectivity index (χ4n) is 4.37. The third-order valence-electron chi connectivity index (χ3n) is 6.20. The second-order valence-corrected chi connectivity index (χ2v) is 8.17. The molecule has 1 saturated carbocycles. The molecule has 0 bridgehead atoms. The number of ether oxygens (including phenoxy) is 1. The van der Waals surface area contributed by atoms with Crippen molar-refractivity contribution in [1.82, 2.24) is 25.0 Å². The monoisotopic (exact) mass is 532 g/mol. The van der Waals surface area contributed by atoms with Crippen molar-refractivity contribution >= 4 is 35.9 Å². The van der Waals surface area contributed by atoms with Gasteiger partial charge in [-0.1, -0.05) is 26.2 Å². The molecule has 2 fully saturated rings. The lowest BCUT2D eigenvalue weighted by Crippen LogP contribution is -2.47. The zero-order valence-corrected chi connectivity index (χ0v) is 20.7. The summed E-state index contributed by atoms with van der Waals surface area (Å²) in [6.07, 6.45) is 10.9. The molecule has 30 heavy (non-hydrogen) atoms. The molecule has 0 radical (unpaired) electrons. The zero-order valence-electron chi connectivity index (χ0n) is 18.4. The maximum Gasteiger partial charge on any atom is 0.308 e. The topological polar surface area (TPSA) is 84.6 Å². The SMILES string of the molecule is CCc1nncn1CCNC(=NCC1CCCCC1)N1CCC(C(=O)OC)CC1.I. The summed E-state index contributed by atoms with van der Waals surface area (Å²) in [5.41, 5.74) is 0. The van der Waals surface area contributed by atoms with Crippen molar-refractivity contribution in [2.45, 2.75) is 64.8 Å². The van der Waals surface area contributed by atoms with Gasteiger partial charge in [0.2, 0.25) is 0 Å². The Bertz CT molecular complexity index is 666. The van der Waals surface area contributed by atoms with Gasteiger partial charge in [-0.3, -0.25) is 9.79 Å². The van der Waals surface area contributed by atoms with Gasteiger partial charge >= 0.3 is 5.97 Å². The second kappa shape index (κ2) is 13.1. The van der Waals surface area contributed by atoms with Crippen molar-refractivity contribution in [1.29, 1.82) is 0 Å². The third-order valence-corrected chi connectivity index (χ3v) is 6.20. The first kappa shape index (κ1) is 24.9. The van der Waals surface area contributed by atoms with E-state index in [1.54, 1.807) is 6.33 Å². The predicted octanol–water partition coefficient (Wildman–Crippen LogP) is 2.87. The van der Waals surface area contributed by atoms with Crippen molar-refractivity contribution in [3.8, 4) is 0 Å². The van der Waals surface area contributed by atoms with E-state index < -0.39 is 0 Å². The summed E-state index contributed by atoms with van der Waals surface area (Å²) in [7, 11) is 1.48. The van der Waals surface area contributed by atoms with E-state index in [9.17, 15) is 4.79 Å². The minimum Gasteiger partial charge on any atom is -0.469 e. The van der Waals surface area contributed by atoms with Gasteiger partial charge in [0.05, 0.1) is 13.0 Å². The molecule has 170 valence electrons. The van der Waals surface area contributed by atoms with Gasteiger partial charge in [-0.15, -0.1) is 34.2 Å². The number of nitrogens with zero attached hydrogens (tertiary/aromatic N) is 5. The van der Waals surface area contributed by atoms with Crippen molar-refractivity contribution in [2.24, 2.45) is 16.8 Å². The number of carbonyl (C=O) groups excluding carboxylic acids is 1. The van der Waals surface area contributed by atoms with Crippen LogP contribution in [-0.2, 0) is 22.5 Å². The van der Waals surface area contributed by atoms with Crippen LogP contribution in [0.25, 0.3) is 0 Å². The molecule has 0 spiro atoms. The van der Waals surface area contributed by atoms with E-state index in [0.29, 0.717) is 5.92 Å². The summed E-state index contributed by atoms with van der Waals surface area (Å²) in [6.45, 7) is 6.26. The van der Waals surface area contributed by atoms with Gasteiger partial charge in [-0.25, -0.2) is 0 Å². The smallest absolute Gasteiger partial charge is 0.308 e. The van der Waals surface area contributed by atoms with E-state index in [-0.39, 0.29) is 35.9 Å². The highest BCUT2D eigenvalue weighted by molar-refractivity contribution is 14.0. The first-order chi connectivity index (χ1) is 14.2. The van der Waals surface area contributed by atoms with E-state index >= 15 is 0 Å². The summed E-state index contributed by atoms with van der Waals surface area (Å²) in [5, 5.41) is 11.7. The van der Waals surface area contributed by atoms with Crippen molar-refractivity contribution in [3.63, 3.8) is 0 Å². The van der Waals surface area contributed by atoms with E-state index in [4.69, 9.17) is 9.73 Å². The average Bonchev–Trinajstić information content (AvgIpc) is 3.24. The zero-order chi connectivity index (χ0) is 20.5. The molecular formula is C21H37IN6O2. The first-order valence-electron chi connectivity index (χ1n) is 11.2. The molecule has 1 saturated heterocycles. The van der Waals surface area contributed by atoms with Crippen LogP contribution in [0.3, 0.4) is 0 Å². The Labute approximate surface area is 197 Å². The van der Waals surface area contributed by atoms with Crippen LogP contribution >= 0.6 is 24.0 Å². The Morgan fingerprint density at radius 2 is 1.97 bits per heavy atom. The lowest BCUT2D eigenvalue weighted by Gasteiger charge is -2.33. The number of methoxy groups -OCH3 is 1. The molecule has 1 aliphatic carbocycles. The Morgan fingerprint density at radius 3 is 2.63 bits per heavy atom. The fraction of sp³-hybridized carbons (Fsp3) is 0.810. The van der Waals surface area contributed by atoms with Gasteiger partial charge < -0.3 is 19.5 Å². The number of piperidine rings is 1. The van der Waals surface area contributed by atoms with E-state index in [0.717, 1.165) is 63.8 Å². The highest BCUT2D eigenvalue weighted by atomic mass is 127. The number of aryl methyl sites for hydroxylation is 1. The molecule has 2 heterocycles. The molecule has 1 aromatic rings. The quantitative estimate of drug-likeness (QED) is 0.252. The highest BCUT2D eigenvalue weighted by Gasteiger charge is 2.27. The molecule has 0 unspecified atom stereocenters. The lowest BCUT2D eigenvalue weighted by atomic mass is 9.89. The normalized spacial score (nSPS) is 18.7. The maximum atomic E-state index is 11.8. The van der Waals surface area contributed by atoms with Gasteiger partial charge in [0, 0.05) is 39.1 Å². The number of halogens is 1. The van der Waals surface area contributed by atoms with Crippen molar-refractivity contribution in [2.75, 3.05) is 33.3 Å². The van der Waals surface area contributed by atoms with Crippen LogP contribution in [-0.4, -0.2) is 64.9 Å². The van der Waals surface area contributed by atoms with Crippen LogP contribution in [0.5, 0.6) is 0 Å². The number of likely N-dealkylation sites (tertiary alicyclic amines) is 1. The number of hydrogen-bond donors (Lipinski definition) is 1. The van der Waals surface area contributed by atoms with Gasteiger partial charge in [0.15, 0.2) is 5.96 Å². The number of hydrogen-bond acceptors (Lipinski definition) is 5. The molecule has 2 aliphatic rings. The lowest BCUT2D eigenvalue weighted by molar-refractivity contribution is -0.146. The average molecular weight is 532 g/mol. The van der Waals surface area contributed by atoms with Crippen LogP contribution < -0.4 is 5.32 Å². The fourth-order valence-corrected chi connectivity index (χ4v) is 4.37. The largest absolute Gasteiger partial charge is 0.469 e. The van der Waals surface area contributed by atoms with Gasteiger partial charge in [0.1, 0.15) is 12.2 Å². The van der Waals surface area contributed by atoms with E-state index in [2.05, 4.69) is 31.9 Å². The highest BCUT2D eigenvalue weighted by Crippen LogP contribution is 2.24. The van der Waals surface area contributed by atoms with Crippen LogP contribution in [0.15, 0.2) is 11.3 Å². The van der Waals surface area contributed by atoms with E-state index in [1.807, 2.05) is 0 Å². The molecule has 0 amide bonds. The molecule has 0 atom stereocenters. The number of nitrogens with one attached hydrogen (secondary N) is 1. The predicted molar refractivity (Wildman–Crippen MR) is 128 cm³/mol. The van der Waals surface area contributed by atoms with Gasteiger partial charge in [0.25, 0.3) is 0 Å². The Kier molecular flexibility index (Phi) is 10.9. The second-order valence-electron chi connectivity index (χ2n) is 8.17. The molecule has 8 nitrogen and oxygen atoms in total. The summed E-state index contributed by atoms with van der Waals surface area (Å²) >= 11 is 0. The van der Waals surface area contributed by atoms with E-state index in [1.165, 1.54) is 39.2 Å². The molecule has 1 aliphatic heterocycles. The van der Waals surface area contributed by atoms with Gasteiger partial charge in [-0.05, 0) is 31.6 Å². The number of aromatic nitrogens is 3. The van der Waals surface area contributed by atoms with Crippen LogP contribution in [0, 0.1) is 11.8 Å². The molecule has 9 heteroatoms. The summed E-state index contributed by atoms with van der Waals surface area (Å²) in [6, 6.07) is 0. The van der Waals surface area contributed by atoms with Crippen LogP contribution in [0.2, 0.25) is 0 Å². The van der Waals surface area contributed by atoms with Crippen molar-refractivity contribution in [3.05, 3.63) is 12.2 Å². The Balaban J connectivity index is 0.00000320. The molecule has 3 rings (SSSR count). The number of carbonyl (C=O) groups is 1. The van der Waals surface area contributed by atoms with Crippen LogP contribution in [0.4, 0.5) is 0 Å². The summed E-state index contributed by atoms with van der Waals surface area (Å²) in [4.78, 5) is 19.1. The third kappa shape index (κ3) is 7.09. The molecule has 1 N–H and O–H groups in total. The Hall–Kier alpha value is -1.39. The van der Waals surface area contributed by atoms with Crippen LogP contribution in [0.1, 0.15) is 57.7 Å².